The summed E-state index contributed by atoms with van der Waals surface area (Å²) in [5.41, 5.74) is -1.30. The Hall–Kier alpha value is -2.33. The zero-order valence-corrected chi connectivity index (χ0v) is 10.4. The number of aliphatic hydroxyl groups is 1. The highest BCUT2D eigenvalue weighted by molar-refractivity contribution is 5.85. The van der Waals surface area contributed by atoms with Crippen molar-refractivity contribution in [2.75, 3.05) is 7.11 Å². The highest BCUT2D eigenvalue weighted by Gasteiger charge is 2.41. The number of methoxy groups -OCH3 is 1. The average Bonchev–Trinajstić information content (AvgIpc) is 2.46. The second-order valence-corrected chi connectivity index (χ2v) is 4.12. The number of benzene rings is 2. The van der Waals surface area contributed by atoms with Crippen molar-refractivity contribution < 1.29 is 19.7 Å². The van der Waals surface area contributed by atoms with E-state index in [1.54, 1.807) is 42.5 Å². The number of rotatable bonds is 3. The van der Waals surface area contributed by atoms with Crippen molar-refractivity contribution in [1.29, 1.82) is 0 Å². The highest BCUT2D eigenvalue weighted by Crippen LogP contribution is 2.32. The van der Waals surface area contributed by atoms with Crippen LogP contribution in [-0.4, -0.2) is 23.3 Å². The minimum atomic E-state index is -1.94. The minimum Gasteiger partial charge on any atom is -0.508 e. The number of phenols is 1. The molecule has 0 spiro atoms. The molecule has 0 bridgehead atoms. The SMILES string of the molecule is COC(=O)[C@@](O)(c1ccccc1)c1cccc(O)c1. The fourth-order valence-electron chi connectivity index (χ4n) is 1.96. The first kappa shape index (κ1) is 13.1. The molecular formula is C15H14O4. The first-order valence-corrected chi connectivity index (χ1v) is 5.75. The van der Waals surface area contributed by atoms with Crippen molar-refractivity contribution in [3.63, 3.8) is 0 Å². The van der Waals surface area contributed by atoms with E-state index in [0.29, 0.717) is 5.56 Å². The topological polar surface area (TPSA) is 66.8 Å². The minimum absolute atomic E-state index is 0.0317. The predicted molar refractivity (Wildman–Crippen MR) is 69.6 cm³/mol. The Bertz CT molecular complexity index is 580. The van der Waals surface area contributed by atoms with Crippen molar-refractivity contribution in [3.8, 4) is 5.75 Å². The molecule has 4 heteroatoms. The van der Waals surface area contributed by atoms with Gasteiger partial charge in [0.2, 0.25) is 5.60 Å². The highest BCUT2D eigenvalue weighted by atomic mass is 16.5. The number of carbonyl (C=O) groups excluding carboxylic acids is 1. The molecule has 2 aromatic rings. The van der Waals surface area contributed by atoms with Gasteiger partial charge in [-0.15, -0.1) is 0 Å². The average molecular weight is 258 g/mol. The molecule has 2 N–H and O–H groups in total. The third kappa shape index (κ3) is 2.30. The van der Waals surface area contributed by atoms with Crippen LogP contribution in [0, 0.1) is 0 Å². The van der Waals surface area contributed by atoms with Crippen molar-refractivity contribution in [1.82, 2.24) is 0 Å². The van der Waals surface area contributed by atoms with E-state index < -0.39 is 11.6 Å². The molecule has 0 unspecified atom stereocenters. The molecule has 2 aromatic carbocycles. The van der Waals surface area contributed by atoms with Crippen LogP contribution >= 0.6 is 0 Å². The lowest BCUT2D eigenvalue weighted by atomic mass is 9.86. The second-order valence-electron chi connectivity index (χ2n) is 4.12. The van der Waals surface area contributed by atoms with Crippen molar-refractivity contribution in [2.24, 2.45) is 0 Å². The third-order valence-electron chi connectivity index (χ3n) is 2.94. The summed E-state index contributed by atoms with van der Waals surface area (Å²) in [6.45, 7) is 0. The van der Waals surface area contributed by atoms with Crippen molar-refractivity contribution >= 4 is 5.97 Å². The molecule has 0 saturated heterocycles. The Morgan fingerprint density at radius 2 is 1.68 bits per heavy atom. The number of phenolic OH excluding ortho intramolecular Hbond substituents is 1. The van der Waals surface area contributed by atoms with Gasteiger partial charge in [-0.25, -0.2) is 4.79 Å². The number of hydrogen-bond acceptors (Lipinski definition) is 4. The zero-order valence-electron chi connectivity index (χ0n) is 10.4. The molecule has 2 rings (SSSR count). The zero-order chi connectivity index (χ0) is 13.9. The van der Waals surface area contributed by atoms with Crippen LogP contribution in [0.15, 0.2) is 54.6 Å². The summed E-state index contributed by atoms with van der Waals surface area (Å²) < 4.78 is 4.69. The Kier molecular flexibility index (Phi) is 3.53. The van der Waals surface area contributed by atoms with Gasteiger partial charge in [0.15, 0.2) is 0 Å². The van der Waals surface area contributed by atoms with E-state index >= 15 is 0 Å². The van der Waals surface area contributed by atoms with Crippen LogP contribution in [-0.2, 0) is 15.1 Å². The maximum Gasteiger partial charge on any atom is 0.347 e. The monoisotopic (exact) mass is 258 g/mol. The van der Waals surface area contributed by atoms with Crippen LogP contribution in [0.25, 0.3) is 0 Å². The molecule has 98 valence electrons. The molecule has 0 aliphatic carbocycles. The van der Waals surface area contributed by atoms with Crippen LogP contribution in [0.5, 0.6) is 5.75 Å². The van der Waals surface area contributed by atoms with Gasteiger partial charge in [-0.2, -0.15) is 0 Å². The van der Waals surface area contributed by atoms with Gasteiger partial charge in [0.1, 0.15) is 5.75 Å². The van der Waals surface area contributed by atoms with Gasteiger partial charge >= 0.3 is 5.97 Å². The third-order valence-corrected chi connectivity index (χ3v) is 2.94. The molecule has 0 amide bonds. The lowest BCUT2D eigenvalue weighted by Gasteiger charge is -2.26. The molecule has 0 heterocycles. The van der Waals surface area contributed by atoms with Crippen molar-refractivity contribution in [3.05, 3.63) is 65.7 Å². The summed E-state index contributed by atoms with van der Waals surface area (Å²) in [4.78, 5) is 12.0. The maximum absolute atomic E-state index is 12.0. The Morgan fingerprint density at radius 1 is 1.05 bits per heavy atom. The van der Waals surface area contributed by atoms with Gasteiger partial charge < -0.3 is 14.9 Å². The van der Waals surface area contributed by atoms with Gasteiger partial charge in [0.25, 0.3) is 0 Å². The first-order chi connectivity index (χ1) is 9.09. The largest absolute Gasteiger partial charge is 0.508 e. The molecule has 0 aliphatic heterocycles. The fourth-order valence-corrected chi connectivity index (χ4v) is 1.96. The normalized spacial score (nSPS) is 13.6. The van der Waals surface area contributed by atoms with Gasteiger partial charge in [-0.3, -0.25) is 0 Å². The number of aromatic hydroxyl groups is 1. The lowest BCUT2D eigenvalue weighted by molar-refractivity contribution is -0.158. The summed E-state index contributed by atoms with van der Waals surface area (Å²) in [5, 5.41) is 20.3. The molecule has 0 saturated carbocycles. The van der Waals surface area contributed by atoms with Crippen LogP contribution < -0.4 is 0 Å². The summed E-state index contributed by atoms with van der Waals surface area (Å²) in [6.07, 6.45) is 0. The second kappa shape index (κ2) is 5.12. The van der Waals surface area contributed by atoms with Gasteiger partial charge in [-0.05, 0) is 17.7 Å². The fraction of sp³-hybridized carbons (Fsp3) is 0.133. The first-order valence-electron chi connectivity index (χ1n) is 5.75. The van der Waals surface area contributed by atoms with E-state index in [9.17, 15) is 15.0 Å². The predicted octanol–water partition coefficient (Wildman–Crippen LogP) is 1.80. The summed E-state index contributed by atoms with van der Waals surface area (Å²) >= 11 is 0. The smallest absolute Gasteiger partial charge is 0.347 e. The van der Waals surface area contributed by atoms with Crippen LogP contribution in [0.3, 0.4) is 0 Å². The standard InChI is InChI=1S/C15H14O4/c1-19-14(17)15(18,11-6-3-2-4-7-11)12-8-5-9-13(16)10-12/h2-10,16,18H,1H3/t15-/m1/s1. The van der Waals surface area contributed by atoms with E-state index in [0.717, 1.165) is 0 Å². The van der Waals surface area contributed by atoms with Crippen LogP contribution in [0.4, 0.5) is 0 Å². The Balaban J connectivity index is 2.62. The van der Waals surface area contributed by atoms with E-state index in [1.165, 1.54) is 19.2 Å². The number of ether oxygens (including phenoxy) is 1. The number of carbonyl (C=O) groups is 1. The Morgan fingerprint density at radius 3 is 2.26 bits per heavy atom. The Labute approximate surface area is 110 Å². The van der Waals surface area contributed by atoms with Crippen LogP contribution in [0.2, 0.25) is 0 Å². The van der Waals surface area contributed by atoms with E-state index in [2.05, 4.69) is 0 Å². The van der Waals surface area contributed by atoms with Gasteiger partial charge in [-0.1, -0.05) is 42.5 Å². The molecule has 19 heavy (non-hydrogen) atoms. The molecule has 0 aliphatic rings. The number of esters is 1. The molecule has 4 nitrogen and oxygen atoms in total. The molecule has 1 atom stereocenters. The lowest BCUT2D eigenvalue weighted by Crippen LogP contribution is -2.37. The van der Waals surface area contributed by atoms with E-state index in [1.807, 2.05) is 0 Å². The number of hydrogen-bond donors (Lipinski definition) is 2. The van der Waals surface area contributed by atoms with E-state index in [4.69, 9.17) is 4.74 Å². The van der Waals surface area contributed by atoms with Gasteiger partial charge in [0, 0.05) is 5.56 Å². The summed E-state index contributed by atoms with van der Waals surface area (Å²) in [6, 6.07) is 14.4. The summed E-state index contributed by atoms with van der Waals surface area (Å²) in [5.74, 6) is -0.833. The molecule has 0 fully saturated rings. The van der Waals surface area contributed by atoms with Crippen molar-refractivity contribution in [2.45, 2.75) is 5.60 Å². The van der Waals surface area contributed by atoms with Crippen LogP contribution in [0.1, 0.15) is 11.1 Å². The quantitative estimate of drug-likeness (QED) is 0.824. The van der Waals surface area contributed by atoms with Gasteiger partial charge in [0.05, 0.1) is 7.11 Å². The van der Waals surface area contributed by atoms with E-state index in [-0.39, 0.29) is 11.3 Å². The summed E-state index contributed by atoms with van der Waals surface area (Å²) in [7, 11) is 1.21. The maximum atomic E-state index is 12.0. The molecule has 0 radical (unpaired) electrons. The molecule has 0 aromatic heterocycles. The molecular weight excluding hydrogens is 244 g/mol.